The van der Waals surface area contributed by atoms with Crippen LogP contribution in [0, 0.1) is 0 Å². The number of alkyl carbamates (subject to hydrolysis) is 1. The van der Waals surface area contributed by atoms with Gasteiger partial charge < -0.3 is 25.4 Å². The van der Waals surface area contributed by atoms with Crippen LogP contribution in [-0.4, -0.2) is 69.9 Å². The number of aliphatic carboxylic acids is 3. The van der Waals surface area contributed by atoms with Gasteiger partial charge in [0.2, 0.25) is 0 Å². The summed E-state index contributed by atoms with van der Waals surface area (Å²) in [4.78, 5) is 45.6. The van der Waals surface area contributed by atoms with Gasteiger partial charge in [-0.15, -0.1) is 0 Å². The monoisotopic (exact) mass is 410 g/mol. The number of nitrogens with one attached hydrogen (secondary N) is 1. The second kappa shape index (κ2) is 13.1. The molecule has 0 aliphatic rings. The fraction of sp³-hybridized carbons (Fsp3) is 0.474. The molecule has 0 fully saturated rings. The van der Waals surface area contributed by atoms with E-state index in [-0.39, 0.29) is 13.0 Å². The van der Waals surface area contributed by atoms with E-state index in [2.05, 4.69) is 5.32 Å². The van der Waals surface area contributed by atoms with E-state index in [1.54, 1.807) is 0 Å². The Balaban J connectivity index is 2.29. The highest BCUT2D eigenvalue weighted by Gasteiger charge is 2.28. The number of hydrogen-bond donors (Lipinski definition) is 4. The number of unbranched alkanes of at least 4 members (excludes halogenated alkanes) is 2. The normalized spacial score (nSPS) is 11.6. The maximum absolute atomic E-state index is 11.6. The van der Waals surface area contributed by atoms with Crippen molar-refractivity contribution < 1.29 is 39.2 Å². The molecule has 10 nitrogen and oxygen atoms in total. The first-order valence-electron chi connectivity index (χ1n) is 9.14. The molecule has 0 saturated carbocycles. The van der Waals surface area contributed by atoms with Crippen molar-refractivity contribution in [3.05, 3.63) is 35.9 Å². The Hall–Kier alpha value is -3.14. The minimum atomic E-state index is -1.30. The molecule has 0 saturated heterocycles. The summed E-state index contributed by atoms with van der Waals surface area (Å²) in [7, 11) is 0. The van der Waals surface area contributed by atoms with E-state index < -0.39 is 43.1 Å². The van der Waals surface area contributed by atoms with E-state index in [4.69, 9.17) is 14.9 Å². The lowest BCUT2D eigenvalue weighted by atomic mass is 10.1. The summed E-state index contributed by atoms with van der Waals surface area (Å²) in [6.07, 6.45) is 1.15. The van der Waals surface area contributed by atoms with Crippen LogP contribution in [0.2, 0.25) is 0 Å². The van der Waals surface area contributed by atoms with Crippen LogP contribution >= 0.6 is 0 Å². The predicted octanol–water partition coefficient (Wildman–Crippen LogP) is 1.40. The molecule has 1 rings (SSSR count). The lowest BCUT2D eigenvalue weighted by Gasteiger charge is -2.25. The lowest BCUT2D eigenvalue weighted by molar-refractivity contribution is -0.149. The molecule has 4 N–H and O–H groups in total. The fourth-order valence-corrected chi connectivity index (χ4v) is 2.69. The Kier molecular flexibility index (Phi) is 10.8. The summed E-state index contributed by atoms with van der Waals surface area (Å²) in [5, 5.41) is 29.6. The smallest absolute Gasteiger partial charge is 0.407 e. The lowest BCUT2D eigenvalue weighted by Crippen LogP contribution is -2.46. The zero-order chi connectivity index (χ0) is 21.6. The number of carbonyl (C=O) groups is 4. The van der Waals surface area contributed by atoms with Crippen LogP contribution in [0.1, 0.15) is 31.2 Å². The number of ether oxygens (including phenoxy) is 1. The number of hydrogen-bond acceptors (Lipinski definition) is 6. The van der Waals surface area contributed by atoms with Gasteiger partial charge >= 0.3 is 24.0 Å². The minimum absolute atomic E-state index is 0.106. The van der Waals surface area contributed by atoms with Crippen molar-refractivity contribution in [2.45, 2.75) is 38.3 Å². The minimum Gasteiger partial charge on any atom is -0.480 e. The van der Waals surface area contributed by atoms with Crippen molar-refractivity contribution in [1.29, 1.82) is 0 Å². The van der Waals surface area contributed by atoms with Crippen LogP contribution in [0.5, 0.6) is 0 Å². The molecule has 1 atom stereocenters. The van der Waals surface area contributed by atoms with Gasteiger partial charge in [-0.3, -0.25) is 19.3 Å². The van der Waals surface area contributed by atoms with Crippen molar-refractivity contribution >= 4 is 24.0 Å². The van der Waals surface area contributed by atoms with Gasteiger partial charge in [0.15, 0.2) is 0 Å². The Bertz CT molecular complexity index is 664. The third-order valence-corrected chi connectivity index (χ3v) is 4.04. The van der Waals surface area contributed by atoms with Crippen molar-refractivity contribution in [3.63, 3.8) is 0 Å². The Morgan fingerprint density at radius 1 is 0.931 bits per heavy atom. The number of carbonyl (C=O) groups excluding carboxylic acids is 1. The van der Waals surface area contributed by atoms with E-state index in [0.717, 1.165) is 10.5 Å². The second-order valence-corrected chi connectivity index (χ2v) is 6.38. The van der Waals surface area contributed by atoms with Crippen LogP contribution in [0.15, 0.2) is 30.3 Å². The summed E-state index contributed by atoms with van der Waals surface area (Å²) in [6, 6.07) is 8.02. The number of carboxylic acid groups (broad SMARTS) is 3. The summed E-state index contributed by atoms with van der Waals surface area (Å²) in [5.74, 6) is -3.86. The SMILES string of the molecule is O=C(O)CN(CC(=O)O)C(CCCCCNC(=O)OCc1ccccc1)C(=O)O. The van der Waals surface area contributed by atoms with Crippen LogP contribution in [0.4, 0.5) is 4.79 Å². The van der Waals surface area contributed by atoms with Gasteiger partial charge in [0.1, 0.15) is 12.6 Å². The molecule has 0 aromatic heterocycles. The third-order valence-electron chi connectivity index (χ3n) is 4.04. The zero-order valence-corrected chi connectivity index (χ0v) is 16.0. The molecule has 160 valence electrons. The molecule has 1 amide bonds. The molecule has 0 radical (unpaired) electrons. The Morgan fingerprint density at radius 3 is 2.10 bits per heavy atom. The Morgan fingerprint density at radius 2 is 1.55 bits per heavy atom. The van der Waals surface area contributed by atoms with Crippen molar-refractivity contribution in [2.75, 3.05) is 19.6 Å². The largest absolute Gasteiger partial charge is 0.480 e. The van der Waals surface area contributed by atoms with Crippen LogP contribution in [0.25, 0.3) is 0 Å². The number of carboxylic acids is 3. The topological polar surface area (TPSA) is 153 Å². The van der Waals surface area contributed by atoms with Crippen LogP contribution in [0.3, 0.4) is 0 Å². The van der Waals surface area contributed by atoms with Crippen molar-refractivity contribution in [1.82, 2.24) is 10.2 Å². The van der Waals surface area contributed by atoms with E-state index in [0.29, 0.717) is 25.8 Å². The van der Waals surface area contributed by atoms with Gasteiger partial charge in [-0.2, -0.15) is 0 Å². The first kappa shape index (κ1) is 23.9. The van der Waals surface area contributed by atoms with E-state index in [9.17, 15) is 24.3 Å². The maximum atomic E-state index is 11.6. The van der Waals surface area contributed by atoms with Crippen LogP contribution in [-0.2, 0) is 25.7 Å². The third kappa shape index (κ3) is 10.7. The molecule has 0 heterocycles. The van der Waals surface area contributed by atoms with E-state index >= 15 is 0 Å². The Labute approximate surface area is 168 Å². The molecule has 10 heteroatoms. The molecule has 0 aliphatic heterocycles. The van der Waals surface area contributed by atoms with Gasteiger partial charge in [0.05, 0.1) is 13.1 Å². The molecule has 29 heavy (non-hydrogen) atoms. The first-order valence-corrected chi connectivity index (χ1v) is 9.14. The average Bonchev–Trinajstić information content (AvgIpc) is 2.65. The average molecular weight is 410 g/mol. The summed E-state index contributed by atoms with van der Waals surface area (Å²) >= 11 is 0. The number of rotatable bonds is 14. The molecule has 1 aromatic carbocycles. The van der Waals surface area contributed by atoms with Gasteiger partial charge in [0, 0.05) is 6.54 Å². The van der Waals surface area contributed by atoms with Crippen molar-refractivity contribution in [2.24, 2.45) is 0 Å². The first-order chi connectivity index (χ1) is 13.8. The number of nitrogens with zero attached hydrogens (tertiary/aromatic N) is 1. The number of benzene rings is 1. The summed E-state index contributed by atoms with van der Waals surface area (Å²) in [6.45, 7) is -0.828. The number of amides is 1. The molecule has 0 aliphatic carbocycles. The fourth-order valence-electron chi connectivity index (χ4n) is 2.69. The highest BCUT2D eigenvalue weighted by molar-refractivity contribution is 5.78. The van der Waals surface area contributed by atoms with E-state index in [1.807, 2.05) is 30.3 Å². The molecular formula is C19H26N2O8. The summed E-state index contributed by atoms with van der Waals surface area (Å²) < 4.78 is 5.06. The molecule has 0 bridgehead atoms. The van der Waals surface area contributed by atoms with Gasteiger partial charge in [-0.05, 0) is 18.4 Å². The van der Waals surface area contributed by atoms with Gasteiger partial charge in [-0.1, -0.05) is 43.2 Å². The highest BCUT2D eigenvalue weighted by atomic mass is 16.5. The molecular weight excluding hydrogens is 384 g/mol. The zero-order valence-electron chi connectivity index (χ0n) is 16.0. The van der Waals surface area contributed by atoms with Gasteiger partial charge in [0.25, 0.3) is 0 Å². The highest BCUT2D eigenvalue weighted by Crippen LogP contribution is 2.11. The predicted molar refractivity (Wildman–Crippen MR) is 101 cm³/mol. The molecule has 1 aromatic rings. The van der Waals surface area contributed by atoms with E-state index in [1.165, 1.54) is 0 Å². The standard InChI is InChI=1S/C19H26N2O8/c22-16(23)11-21(12-17(24)25)15(18(26)27)9-5-2-6-10-20-19(28)29-13-14-7-3-1-4-8-14/h1,3-4,7-8,15H,2,5-6,9-13H2,(H,20,28)(H,22,23)(H,24,25)(H,26,27). The van der Waals surface area contributed by atoms with Crippen molar-refractivity contribution in [3.8, 4) is 0 Å². The molecule has 0 spiro atoms. The van der Waals surface area contributed by atoms with Crippen LogP contribution < -0.4 is 5.32 Å². The quantitative estimate of drug-likeness (QED) is 0.333. The second-order valence-electron chi connectivity index (χ2n) is 6.38. The molecule has 1 unspecified atom stereocenters. The summed E-state index contributed by atoms with van der Waals surface area (Å²) in [5.41, 5.74) is 0.870. The van der Waals surface area contributed by atoms with Gasteiger partial charge in [-0.25, -0.2) is 4.79 Å². The maximum Gasteiger partial charge on any atom is 0.407 e.